The predicted molar refractivity (Wildman–Crippen MR) is 58.6 cm³/mol. The lowest BCUT2D eigenvalue weighted by atomic mass is 10.0. The van der Waals surface area contributed by atoms with Crippen molar-refractivity contribution in [2.75, 3.05) is 6.54 Å². The first kappa shape index (κ1) is 10.0. The van der Waals surface area contributed by atoms with Gasteiger partial charge in [0.25, 0.3) is 0 Å². The van der Waals surface area contributed by atoms with E-state index in [1.54, 1.807) is 0 Å². The summed E-state index contributed by atoms with van der Waals surface area (Å²) < 4.78 is 0. The molecule has 0 aliphatic heterocycles. The Morgan fingerprint density at radius 1 is 1.23 bits per heavy atom. The lowest BCUT2D eigenvalue weighted by Gasteiger charge is -2.04. The highest BCUT2D eigenvalue weighted by atomic mass is 14.5. The molecule has 0 spiro atoms. The highest BCUT2D eigenvalue weighted by Crippen LogP contribution is 2.15. The Hall–Kier alpha value is -1.08. The molecule has 1 heteroatoms. The van der Waals surface area contributed by atoms with Gasteiger partial charge < -0.3 is 5.73 Å². The molecule has 1 aromatic rings. The molecule has 70 valence electrons. The summed E-state index contributed by atoms with van der Waals surface area (Å²) in [4.78, 5) is 0. The van der Waals surface area contributed by atoms with E-state index in [1.165, 1.54) is 11.1 Å². The summed E-state index contributed by atoms with van der Waals surface area (Å²) in [5.74, 6) is 0.604. The van der Waals surface area contributed by atoms with Crippen LogP contribution in [0.15, 0.2) is 30.3 Å². The van der Waals surface area contributed by atoms with Gasteiger partial charge in [-0.1, -0.05) is 50.3 Å². The van der Waals surface area contributed by atoms with Crippen LogP contribution in [0.5, 0.6) is 0 Å². The number of hydrogen-bond acceptors (Lipinski definition) is 1. The average molecular weight is 175 g/mol. The number of nitrogens with two attached hydrogens (primary N) is 1. The molecule has 0 fully saturated rings. The van der Waals surface area contributed by atoms with Gasteiger partial charge in [-0.15, -0.1) is 0 Å². The van der Waals surface area contributed by atoms with Gasteiger partial charge in [0.15, 0.2) is 0 Å². The van der Waals surface area contributed by atoms with Gasteiger partial charge in [-0.2, -0.15) is 0 Å². The van der Waals surface area contributed by atoms with Gasteiger partial charge in [0.05, 0.1) is 0 Å². The molecular formula is C12H17N. The van der Waals surface area contributed by atoms with Crippen molar-refractivity contribution in [3.8, 4) is 0 Å². The minimum absolute atomic E-state index is 0.603. The molecule has 0 aliphatic rings. The number of benzene rings is 1. The van der Waals surface area contributed by atoms with Crippen LogP contribution < -0.4 is 5.73 Å². The van der Waals surface area contributed by atoms with Crippen LogP contribution in [0.2, 0.25) is 0 Å². The second-order valence-corrected chi connectivity index (χ2v) is 3.46. The van der Waals surface area contributed by atoms with Gasteiger partial charge in [-0.05, 0) is 17.0 Å². The van der Waals surface area contributed by atoms with E-state index in [9.17, 15) is 0 Å². The highest BCUT2D eigenvalue weighted by Gasteiger charge is 1.96. The summed E-state index contributed by atoms with van der Waals surface area (Å²) in [6.45, 7) is 5.00. The topological polar surface area (TPSA) is 26.0 Å². The lowest BCUT2D eigenvalue weighted by molar-refractivity contribution is 0.866. The average Bonchev–Trinajstić information content (AvgIpc) is 2.15. The van der Waals surface area contributed by atoms with Crippen LogP contribution in [0, 0.1) is 0 Å². The van der Waals surface area contributed by atoms with E-state index >= 15 is 0 Å². The third kappa shape index (κ3) is 3.03. The molecular weight excluding hydrogens is 158 g/mol. The highest BCUT2D eigenvalue weighted by molar-refractivity contribution is 5.49. The Labute approximate surface area is 80.3 Å². The molecule has 1 aromatic carbocycles. The van der Waals surface area contributed by atoms with Crippen molar-refractivity contribution in [1.29, 1.82) is 0 Å². The van der Waals surface area contributed by atoms with Crippen LogP contribution in [-0.2, 0) is 0 Å². The molecule has 0 aromatic heterocycles. The van der Waals surface area contributed by atoms with Gasteiger partial charge in [-0.3, -0.25) is 0 Å². The second kappa shape index (κ2) is 4.83. The molecule has 1 rings (SSSR count). The first-order valence-corrected chi connectivity index (χ1v) is 4.70. The molecule has 0 saturated carbocycles. The molecule has 0 heterocycles. The van der Waals surface area contributed by atoms with Gasteiger partial charge in [0.2, 0.25) is 0 Å². The van der Waals surface area contributed by atoms with E-state index in [0.29, 0.717) is 12.5 Å². The minimum atomic E-state index is 0.603. The summed E-state index contributed by atoms with van der Waals surface area (Å²) in [5, 5.41) is 0. The summed E-state index contributed by atoms with van der Waals surface area (Å²) >= 11 is 0. The standard InChI is InChI=1S/C12H17N/c1-10(2)12-7-5-11(6-8-12)4-3-9-13/h3-8,10H,9,13H2,1-2H3/b4-3+. The van der Waals surface area contributed by atoms with Crippen molar-refractivity contribution < 1.29 is 0 Å². The van der Waals surface area contributed by atoms with Gasteiger partial charge in [0.1, 0.15) is 0 Å². The van der Waals surface area contributed by atoms with Crippen LogP contribution >= 0.6 is 0 Å². The van der Waals surface area contributed by atoms with Crippen molar-refractivity contribution in [3.05, 3.63) is 41.5 Å². The Kier molecular flexibility index (Phi) is 3.71. The normalized spacial score (nSPS) is 11.4. The van der Waals surface area contributed by atoms with E-state index in [1.807, 2.05) is 12.2 Å². The van der Waals surface area contributed by atoms with Crippen molar-refractivity contribution in [1.82, 2.24) is 0 Å². The Morgan fingerprint density at radius 3 is 2.31 bits per heavy atom. The zero-order valence-electron chi connectivity index (χ0n) is 8.33. The maximum atomic E-state index is 5.37. The Bertz CT molecular complexity index is 270. The van der Waals surface area contributed by atoms with E-state index < -0.39 is 0 Å². The van der Waals surface area contributed by atoms with Gasteiger partial charge in [-0.25, -0.2) is 0 Å². The van der Waals surface area contributed by atoms with Crippen LogP contribution in [-0.4, -0.2) is 6.54 Å². The van der Waals surface area contributed by atoms with Crippen LogP contribution in [0.25, 0.3) is 6.08 Å². The van der Waals surface area contributed by atoms with Crippen molar-refractivity contribution in [3.63, 3.8) is 0 Å². The first-order valence-electron chi connectivity index (χ1n) is 4.70. The van der Waals surface area contributed by atoms with E-state index in [4.69, 9.17) is 5.73 Å². The molecule has 2 N–H and O–H groups in total. The summed E-state index contributed by atoms with van der Waals surface area (Å²) in [6.07, 6.45) is 4.01. The Balaban J connectivity index is 2.75. The maximum absolute atomic E-state index is 5.37. The molecule has 0 aliphatic carbocycles. The van der Waals surface area contributed by atoms with Crippen LogP contribution in [0.1, 0.15) is 30.9 Å². The zero-order valence-corrected chi connectivity index (χ0v) is 8.33. The van der Waals surface area contributed by atoms with E-state index in [2.05, 4.69) is 38.1 Å². The van der Waals surface area contributed by atoms with E-state index in [0.717, 1.165) is 0 Å². The smallest absolute Gasteiger partial charge is 0.0110 e. The van der Waals surface area contributed by atoms with Gasteiger partial charge in [0, 0.05) is 6.54 Å². The fraction of sp³-hybridized carbons (Fsp3) is 0.333. The second-order valence-electron chi connectivity index (χ2n) is 3.46. The molecule has 13 heavy (non-hydrogen) atoms. The minimum Gasteiger partial charge on any atom is -0.327 e. The zero-order chi connectivity index (χ0) is 9.68. The maximum Gasteiger partial charge on any atom is 0.0110 e. The van der Waals surface area contributed by atoms with Crippen molar-refractivity contribution >= 4 is 6.08 Å². The van der Waals surface area contributed by atoms with Crippen molar-refractivity contribution in [2.45, 2.75) is 19.8 Å². The first-order chi connectivity index (χ1) is 6.24. The van der Waals surface area contributed by atoms with Crippen LogP contribution in [0.3, 0.4) is 0 Å². The Morgan fingerprint density at radius 2 is 1.85 bits per heavy atom. The molecule has 0 unspecified atom stereocenters. The molecule has 0 radical (unpaired) electrons. The SMILES string of the molecule is CC(C)c1ccc(/C=C/CN)cc1. The number of hydrogen-bond donors (Lipinski definition) is 1. The van der Waals surface area contributed by atoms with E-state index in [-0.39, 0.29) is 0 Å². The summed E-state index contributed by atoms with van der Waals surface area (Å²) in [7, 11) is 0. The monoisotopic (exact) mass is 175 g/mol. The lowest BCUT2D eigenvalue weighted by Crippen LogP contribution is -1.92. The molecule has 0 bridgehead atoms. The number of rotatable bonds is 3. The summed E-state index contributed by atoms with van der Waals surface area (Å²) in [6, 6.07) is 8.59. The third-order valence-electron chi connectivity index (χ3n) is 2.05. The van der Waals surface area contributed by atoms with Crippen molar-refractivity contribution in [2.24, 2.45) is 5.73 Å². The summed E-state index contributed by atoms with van der Waals surface area (Å²) in [5.41, 5.74) is 7.96. The molecule has 1 nitrogen and oxygen atoms in total. The predicted octanol–water partition coefficient (Wildman–Crippen LogP) is 2.78. The fourth-order valence-electron chi connectivity index (χ4n) is 1.20. The molecule has 0 saturated heterocycles. The van der Waals surface area contributed by atoms with Gasteiger partial charge >= 0.3 is 0 Å². The quantitative estimate of drug-likeness (QED) is 0.751. The molecule has 0 atom stereocenters. The largest absolute Gasteiger partial charge is 0.327 e. The molecule has 0 amide bonds. The fourth-order valence-corrected chi connectivity index (χ4v) is 1.20. The third-order valence-corrected chi connectivity index (χ3v) is 2.05. The van der Waals surface area contributed by atoms with Crippen LogP contribution in [0.4, 0.5) is 0 Å².